The molecule has 1 heterocycles. The third kappa shape index (κ3) is 11.8. The van der Waals surface area contributed by atoms with Crippen LogP contribution < -0.4 is 27.4 Å². The lowest BCUT2D eigenvalue weighted by Crippen LogP contribution is -2.48. The van der Waals surface area contributed by atoms with Gasteiger partial charge in [-0.1, -0.05) is 73.7 Å². The molecule has 0 saturated carbocycles. The van der Waals surface area contributed by atoms with Crippen LogP contribution in [0.4, 0.5) is 11.4 Å². The van der Waals surface area contributed by atoms with Crippen LogP contribution in [0.1, 0.15) is 85.1 Å². The summed E-state index contributed by atoms with van der Waals surface area (Å²) in [5, 5.41) is 17.0. The minimum Gasteiger partial charge on any atom is -0.480 e. The Morgan fingerprint density at radius 3 is 2.29 bits per heavy atom. The van der Waals surface area contributed by atoms with Gasteiger partial charge in [-0.25, -0.2) is 0 Å². The molecule has 1 saturated heterocycles. The second-order valence-electron chi connectivity index (χ2n) is 16.0. The number of benzene rings is 2. The molecule has 3 aromatic rings. The summed E-state index contributed by atoms with van der Waals surface area (Å²) in [5.41, 5.74) is 17.7. The topological polar surface area (TPSA) is 183 Å². The third-order valence-corrected chi connectivity index (χ3v) is 11.7. The fraction of sp³-hybridized carbons (Fsp3) is 0.404. The van der Waals surface area contributed by atoms with Crippen molar-refractivity contribution >= 4 is 35.1 Å². The Hall–Kier alpha value is -5.58. The highest BCUT2D eigenvalue weighted by atomic mass is 16.4. The Balaban J connectivity index is 1.17. The Morgan fingerprint density at radius 1 is 0.847 bits per heavy atom. The van der Waals surface area contributed by atoms with Crippen molar-refractivity contribution < 1.29 is 24.3 Å². The zero-order valence-electron chi connectivity index (χ0n) is 34.0. The van der Waals surface area contributed by atoms with Crippen LogP contribution in [0.5, 0.6) is 0 Å². The van der Waals surface area contributed by atoms with Gasteiger partial charge < -0.3 is 32.5 Å². The fourth-order valence-corrected chi connectivity index (χ4v) is 8.18. The lowest BCUT2D eigenvalue weighted by molar-refractivity contribution is -0.138. The number of amides is 3. The number of nitrogens with two attached hydrogens (primary N) is 2. The monoisotopic (exact) mass is 799 g/mol. The Bertz CT molecular complexity index is 2020. The second-order valence-corrected chi connectivity index (χ2v) is 16.0. The van der Waals surface area contributed by atoms with Crippen molar-refractivity contribution in [3.63, 3.8) is 0 Å². The summed E-state index contributed by atoms with van der Waals surface area (Å²) < 4.78 is 0. The molecule has 3 amide bonds. The Morgan fingerprint density at radius 2 is 1.61 bits per heavy atom. The molecular formula is C47H57N7O5. The summed E-state index contributed by atoms with van der Waals surface area (Å²) in [4.78, 5) is 55.4. The van der Waals surface area contributed by atoms with Crippen LogP contribution in [0.3, 0.4) is 0 Å². The molecule has 6 unspecified atom stereocenters. The number of aliphatic carboxylic acids is 1. The highest BCUT2D eigenvalue weighted by Gasteiger charge is 2.30. The molecule has 6 atom stereocenters. The van der Waals surface area contributed by atoms with Crippen molar-refractivity contribution in [3.05, 3.63) is 131 Å². The second kappa shape index (κ2) is 20.4. The zero-order valence-corrected chi connectivity index (χ0v) is 34.0. The van der Waals surface area contributed by atoms with E-state index in [2.05, 4.69) is 112 Å². The number of allylic oxidation sites excluding steroid dienone is 4. The van der Waals surface area contributed by atoms with E-state index in [1.165, 1.54) is 11.1 Å². The van der Waals surface area contributed by atoms with Crippen molar-refractivity contribution in [2.24, 2.45) is 23.3 Å². The van der Waals surface area contributed by atoms with Gasteiger partial charge in [-0.3, -0.25) is 29.0 Å². The lowest BCUT2D eigenvalue weighted by Gasteiger charge is -2.42. The lowest BCUT2D eigenvalue weighted by atomic mass is 9.81. The predicted molar refractivity (Wildman–Crippen MR) is 230 cm³/mol. The van der Waals surface area contributed by atoms with Gasteiger partial charge in [0, 0.05) is 55.5 Å². The molecule has 3 aromatic carbocycles. The molecule has 3 aliphatic rings. The molecule has 0 radical (unpaired) electrons. The van der Waals surface area contributed by atoms with Gasteiger partial charge >= 0.3 is 5.97 Å². The van der Waals surface area contributed by atoms with E-state index in [0.29, 0.717) is 34.8 Å². The van der Waals surface area contributed by atoms with Crippen molar-refractivity contribution in [1.82, 2.24) is 15.1 Å². The predicted octanol–water partition coefficient (Wildman–Crippen LogP) is 5.56. The molecule has 8 N–H and O–H groups in total. The van der Waals surface area contributed by atoms with E-state index in [4.69, 9.17) is 16.6 Å². The quantitative estimate of drug-likeness (QED) is 0.101. The first-order valence-electron chi connectivity index (χ1n) is 20.7. The van der Waals surface area contributed by atoms with Crippen LogP contribution in [0, 0.1) is 24.0 Å². The maximum Gasteiger partial charge on any atom is 0.322 e. The number of hydrogen-bond acceptors (Lipinski definition) is 8. The number of nitrogens with zero attached hydrogens (tertiary/aromatic N) is 2. The average Bonchev–Trinajstić information content (AvgIpc) is 3.25. The summed E-state index contributed by atoms with van der Waals surface area (Å²) in [5.74, 6) is -1.78. The number of hydrogen-bond donors (Lipinski definition) is 6. The van der Waals surface area contributed by atoms with Crippen molar-refractivity contribution in [1.29, 1.82) is 0 Å². The normalized spacial score (nSPS) is 20.3. The van der Waals surface area contributed by atoms with Gasteiger partial charge in [-0.15, -0.1) is 0 Å². The fourth-order valence-electron chi connectivity index (χ4n) is 8.18. The molecular weight excluding hydrogens is 743 g/mol. The molecule has 12 nitrogen and oxygen atoms in total. The molecule has 0 spiro atoms. The maximum absolute atomic E-state index is 13.9. The minimum atomic E-state index is -1.16. The Labute approximate surface area is 347 Å². The molecule has 0 aromatic heterocycles. The molecule has 59 heavy (non-hydrogen) atoms. The van der Waals surface area contributed by atoms with Gasteiger partial charge in [-0.05, 0) is 104 Å². The summed E-state index contributed by atoms with van der Waals surface area (Å²) in [7, 11) is 0. The number of rotatable bonds is 16. The van der Waals surface area contributed by atoms with Gasteiger partial charge in [0.25, 0.3) is 5.91 Å². The van der Waals surface area contributed by atoms with Crippen LogP contribution in [0.15, 0.2) is 96.6 Å². The van der Waals surface area contributed by atoms with E-state index in [1.807, 2.05) is 12.1 Å². The smallest absolute Gasteiger partial charge is 0.322 e. The highest BCUT2D eigenvalue weighted by molar-refractivity contribution is 6.05. The number of carboxylic acids is 1. The van der Waals surface area contributed by atoms with E-state index >= 15 is 0 Å². The van der Waals surface area contributed by atoms with Gasteiger partial charge in [0.05, 0.1) is 23.8 Å². The summed E-state index contributed by atoms with van der Waals surface area (Å²) in [6.45, 7) is 7.17. The standard InChI is InChI=1S/C47H57N7O5/c1-31-11-9-10-16-36(31)29-42(49)47(59)52-40-27-37(26-38(28-40)45(57)51-39-19-17-33(18-20-39)25-41(48)46(58)50-30-43(55)56)32(2)53-21-23-54(24-22-53)44(34-12-5-3-6-13-34)35-14-7-4-8-15-35/h3,5-7,10,12-17,19,26-28,31-32,36,41-42,44H,4,8-9,11,21-25,29-30,48-49H2,1-2H3,(H,50,58)(H,51,57)(H,52,59)(H,55,56). The van der Waals surface area contributed by atoms with Crippen LogP contribution >= 0.6 is 0 Å². The van der Waals surface area contributed by atoms with Crippen molar-refractivity contribution in [3.8, 4) is 0 Å². The number of carbonyl (C=O) groups excluding carboxylic acids is 3. The van der Waals surface area contributed by atoms with Crippen molar-refractivity contribution in [2.45, 2.75) is 76.5 Å². The molecule has 12 heteroatoms. The van der Waals surface area contributed by atoms with E-state index < -0.39 is 36.4 Å². The van der Waals surface area contributed by atoms with E-state index in [9.17, 15) is 19.2 Å². The highest BCUT2D eigenvalue weighted by Crippen LogP contribution is 2.34. The van der Waals surface area contributed by atoms with E-state index in [0.717, 1.165) is 57.4 Å². The SMILES string of the molecule is CC1CCC=CC1CC(N)C(=O)Nc1cc(C(=O)Nc2c#cc(CC(N)C(=O)NCC(=O)O)cc2)cc(C(C)N2CCN(C(C3=CCCC=C3)c3ccccc3)CC2)c1. The number of carboxylic acid groups (broad SMARTS) is 1. The third-order valence-electron chi connectivity index (χ3n) is 11.7. The number of piperazine rings is 1. The van der Waals surface area contributed by atoms with E-state index in [-0.39, 0.29) is 30.3 Å². The number of anilines is 2. The maximum atomic E-state index is 13.9. The average molecular weight is 800 g/mol. The zero-order chi connectivity index (χ0) is 41.9. The van der Waals surface area contributed by atoms with Gasteiger partial charge in [0.2, 0.25) is 11.8 Å². The first-order chi connectivity index (χ1) is 28.4. The van der Waals surface area contributed by atoms with Gasteiger partial charge in [0.15, 0.2) is 0 Å². The molecule has 0 bridgehead atoms. The largest absolute Gasteiger partial charge is 0.480 e. The summed E-state index contributed by atoms with van der Waals surface area (Å²) in [6.07, 6.45) is 16.1. The molecule has 6 rings (SSSR count). The van der Waals surface area contributed by atoms with Crippen LogP contribution in [0.2, 0.25) is 0 Å². The summed E-state index contributed by atoms with van der Waals surface area (Å²) >= 11 is 0. The van der Waals surface area contributed by atoms with Gasteiger partial charge in [-0.2, -0.15) is 0 Å². The van der Waals surface area contributed by atoms with Crippen LogP contribution in [-0.4, -0.2) is 83.4 Å². The molecule has 310 valence electrons. The van der Waals surface area contributed by atoms with Crippen molar-refractivity contribution in [2.75, 3.05) is 43.4 Å². The van der Waals surface area contributed by atoms with Gasteiger partial charge in [0.1, 0.15) is 6.54 Å². The van der Waals surface area contributed by atoms with E-state index in [1.54, 1.807) is 18.2 Å². The number of carbonyl (C=O) groups is 4. The first-order valence-corrected chi connectivity index (χ1v) is 20.7. The Kier molecular flexibility index (Phi) is 14.9. The van der Waals surface area contributed by atoms with Crippen LogP contribution in [-0.2, 0) is 20.8 Å². The minimum absolute atomic E-state index is 0.0671. The molecule has 2 aliphatic carbocycles. The first kappa shape index (κ1) is 43.0. The molecule has 1 fully saturated rings. The van der Waals surface area contributed by atoms with Crippen LogP contribution in [0.25, 0.3) is 0 Å². The number of nitrogens with one attached hydrogen (secondary N) is 3. The molecule has 1 aliphatic heterocycles. The summed E-state index contributed by atoms with van der Waals surface area (Å²) in [6, 6.07) is 23.7.